The summed E-state index contributed by atoms with van der Waals surface area (Å²) >= 11 is 5.81. The first-order chi connectivity index (χ1) is 13.2. The molecule has 0 aliphatic carbocycles. The summed E-state index contributed by atoms with van der Waals surface area (Å²) in [5.41, 5.74) is -0.0380. The van der Waals surface area contributed by atoms with Gasteiger partial charge in [-0.1, -0.05) is 17.7 Å². The Morgan fingerprint density at radius 1 is 1.21 bits per heavy atom. The number of carbonyl (C=O) groups is 2. The number of nitro benzene ring substituents is 1. The van der Waals surface area contributed by atoms with Gasteiger partial charge in [-0.3, -0.25) is 19.7 Å². The largest absolute Gasteiger partial charge is 0.433 e. The van der Waals surface area contributed by atoms with E-state index in [2.05, 4.69) is 15.4 Å². The zero-order valence-electron chi connectivity index (χ0n) is 14.3. The molecule has 28 heavy (non-hydrogen) atoms. The lowest BCUT2D eigenvalue weighted by Crippen LogP contribution is -2.41. The van der Waals surface area contributed by atoms with Gasteiger partial charge < -0.3 is 15.4 Å². The topological polar surface area (TPSA) is 111 Å². The number of nitro groups is 1. The summed E-state index contributed by atoms with van der Waals surface area (Å²) in [5, 5.41) is 15.5. The summed E-state index contributed by atoms with van der Waals surface area (Å²) in [4.78, 5) is 34.5. The Balaban J connectivity index is 2.01. The fourth-order valence-electron chi connectivity index (χ4n) is 2.13. The normalized spacial score (nSPS) is 11.6. The number of ether oxygens (including phenoxy) is 1. The number of anilines is 1. The van der Waals surface area contributed by atoms with Gasteiger partial charge in [0.1, 0.15) is 11.8 Å². The minimum Gasteiger partial charge on any atom is -0.433 e. The van der Waals surface area contributed by atoms with Crippen LogP contribution in [-0.4, -0.2) is 29.4 Å². The Labute approximate surface area is 162 Å². The van der Waals surface area contributed by atoms with Crippen molar-refractivity contribution < 1.29 is 28.0 Å². The predicted octanol–water partition coefficient (Wildman–Crippen LogP) is 3.61. The molecular weight excluding hydrogens is 400 g/mol. The zero-order valence-corrected chi connectivity index (χ0v) is 15.1. The van der Waals surface area contributed by atoms with Crippen molar-refractivity contribution in [1.29, 1.82) is 0 Å². The van der Waals surface area contributed by atoms with Gasteiger partial charge >= 0.3 is 6.61 Å². The van der Waals surface area contributed by atoms with Gasteiger partial charge in [0.15, 0.2) is 0 Å². The standard InChI is InChI=1S/C17H14ClF2N3O5/c1-9(21-16(25)10-3-2-4-12(7-10)23(26)27)15(24)22-11-5-6-14(13(18)8-11)28-17(19)20/h2-9,17H,1H3,(H,21,25)(H,22,24). The number of hydrogen-bond donors (Lipinski definition) is 2. The van der Waals surface area contributed by atoms with Crippen molar-refractivity contribution in [3.8, 4) is 5.75 Å². The van der Waals surface area contributed by atoms with Crippen molar-refractivity contribution >= 4 is 34.8 Å². The molecule has 0 heterocycles. The first kappa shape index (κ1) is 21.0. The maximum absolute atomic E-state index is 12.2. The van der Waals surface area contributed by atoms with Gasteiger partial charge in [-0.05, 0) is 31.2 Å². The molecule has 11 heteroatoms. The van der Waals surface area contributed by atoms with Gasteiger partial charge in [0.2, 0.25) is 5.91 Å². The number of amides is 2. The van der Waals surface area contributed by atoms with Crippen molar-refractivity contribution in [2.45, 2.75) is 19.6 Å². The molecule has 0 saturated carbocycles. The molecule has 0 aliphatic rings. The Morgan fingerprint density at radius 2 is 1.93 bits per heavy atom. The molecule has 0 spiro atoms. The molecule has 2 aromatic rings. The van der Waals surface area contributed by atoms with Gasteiger partial charge in [-0.15, -0.1) is 0 Å². The molecule has 2 amide bonds. The number of halogens is 3. The van der Waals surface area contributed by atoms with Gasteiger partial charge in [0, 0.05) is 23.4 Å². The van der Waals surface area contributed by atoms with Crippen LogP contribution >= 0.6 is 11.6 Å². The van der Waals surface area contributed by atoms with Crippen molar-refractivity contribution in [1.82, 2.24) is 5.32 Å². The third-order valence-corrected chi connectivity index (χ3v) is 3.77. The smallest absolute Gasteiger partial charge is 0.387 e. The van der Waals surface area contributed by atoms with E-state index in [0.29, 0.717) is 0 Å². The van der Waals surface area contributed by atoms with E-state index in [0.717, 1.165) is 12.1 Å². The van der Waals surface area contributed by atoms with Crippen LogP contribution in [0.3, 0.4) is 0 Å². The number of carbonyl (C=O) groups excluding carboxylic acids is 2. The average molecular weight is 414 g/mol. The fourth-order valence-corrected chi connectivity index (χ4v) is 2.35. The molecule has 8 nitrogen and oxygen atoms in total. The van der Waals surface area contributed by atoms with Crippen LogP contribution < -0.4 is 15.4 Å². The quantitative estimate of drug-likeness (QED) is 0.532. The molecule has 2 aromatic carbocycles. The summed E-state index contributed by atoms with van der Waals surface area (Å²) in [5.74, 6) is -1.54. The van der Waals surface area contributed by atoms with E-state index in [9.17, 15) is 28.5 Å². The van der Waals surface area contributed by atoms with E-state index in [1.165, 1.54) is 37.3 Å². The minimum absolute atomic E-state index is 0.0189. The van der Waals surface area contributed by atoms with Gasteiger partial charge in [0.05, 0.1) is 9.95 Å². The molecule has 0 aliphatic heterocycles. The lowest BCUT2D eigenvalue weighted by atomic mass is 10.1. The molecule has 2 rings (SSSR count). The van der Waals surface area contributed by atoms with Gasteiger partial charge in [0.25, 0.3) is 11.6 Å². The van der Waals surface area contributed by atoms with Crippen molar-refractivity contribution in [3.63, 3.8) is 0 Å². The number of non-ortho nitro benzene ring substituents is 1. The highest BCUT2D eigenvalue weighted by Crippen LogP contribution is 2.29. The van der Waals surface area contributed by atoms with E-state index < -0.39 is 29.4 Å². The summed E-state index contributed by atoms with van der Waals surface area (Å²) in [6.07, 6.45) is 0. The number of hydrogen-bond acceptors (Lipinski definition) is 5. The second kappa shape index (κ2) is 9.09. The number of rotatable bonds is 7. The molecule has 0 saturated heterocycles. The maximum Gasteiger partial charge on any atom is 0.387 e. The second-order valence-electron chi connectivity index (χ2n) is 5.52. The van der Waals surface area contributed by atoms with Crippen LogP contribution in [0.25, 0.3) is 0 Å². The van der Waals surface area contributed by atoms with Crippen LogP contribution in [0.5, 0.6) is 5.75 Å². The zero-order chi connectivity index (χ0) is 20.8. The van der Waals surface area contributed by atoms with E-state index in [1.807, 2.05) is 0 Å². The van der Waals surface area contributed by atoms with E-state index in [4.69, 9.17) is 11.6 Å². The Kier molecular flexibility index (Phi) is 6.83. The van der Waals surface area contributed by atoms with Gasteiger partial charge in [-0.25, -0.2) is 0 Å². The lowest BCUT2D eigenvalue weighted by Gasteiger charge is -2.15. The van der Waals surface area contributed by atoms with Crippen LogP contribution in [0.1, 0.15) is 17.3 Å². The van der Waals surface area contributed by atoms with E-state index in [-0.39, 0.29) is 27.7 Å². The highest BCUT2D eigenvalue weighted by Gasteiger charge is 2.19. The Bertz CT molecular complexity index is 910. The highest BCUT2D eigenvalue weighted by atomic mass is 35.5. The molecule has 0 radical (unpaired) electrons. The average Bonchev–Trinajstić information content (AvgIpc) is 2.63. The van der Waals surface area contributed by atoms with E-state index >= 15 is 0 Å². The third-order valence-electron chi connectivity index (χ3n) is 3.48. The summed E-state index contributed by atoms with van der Waals surface area (Å²) in [6.45, 7) is -1.64. The van der Waals surface area contributed by atoms with Crippen LogP contribution in [-0.2, 0) is 4.79 Å². The maximum atomic E-state index is 12.2. The number of alkyl halides is 2. The van der Waals surface area contributed by atoms with Crippen molar-refractivity contribution in [3.05, 3.63) is 63.2 Å². The molecular formula is C17H14ClF2N3O5. The summed E-state index contributed by atoms with van der Waals surface area (Å²) in [7, 11) is 0. The lowest BCUT2D eigenvalue weighted by molar-refractivity contribution is -0.384. The molecule has 2 N–H and O–H groups in total. The first-order valence-electron chi connectivity index (χ1n) is 7.78. The number of nitrogens with one attached hydrogen (secondary N) is 2. The molecule has 0 aromatic heterocycles. The van der Waals surface area contributed by atoms with Crippen LogP contribution in [0, 0.1) is 10.1 Å². The van der Waals surface area contributed by atoms with Crippen LogP contribution in [0.2, 0.25) is 5.02 Å². The minimum atomic E-state index is -3.04. The van der Waals surface area contributed by atoms with Crippen LogP contribution in [0.4, 0.5) is 20.2 Å². The molecule has 1 unspecified atom stereocenters. The van der Waals surface area contributed by atoms with Crippen molar-refractivity contribution in [2.24, 2.45) is 0 Å². The monoisotopic (exact) mass is 413 g/mol. The Morgan fingerprint density at radius 3 is 2.54 bits per heavy atom. The van der Waals surface area contributed by atoms with Crippen LogP contribution in [0.15, 0.2) is 42.5 Å². The number of nitrogens with zero attached hydrogens (tertiary/aromatic N) is 1. The summed E-state index contributed by atoms with van der Waals surface area (Å²) < 4.78 is 28.6. The molecule has 0 bridgehead atoms. The van der Waals surface area contributed by atoms with Gasteiger partial charge in [-0.2, -0.15) is 8.78 Å². The third kappa shape index (κ3) is 5.61. The SMILES string of the molecule is CC(NC(=O)c1cccc([N+](=O)[O-])c1)C(=O)Nc1ccc(OC(F)F)c(Cl)c1. The first-order valence-corrected chi connectivity index (χ1v) is 8.15. The molecule has 0 fully saturated rings. The fraction of sp³-hybridized carbons (Fsp3) is 0.176. The number of benzene rings is 2. The second-order valence-corrected chi connectivity index (χ2v) is 5.92. The predicted molar refractivity (Wildman–Crippen MR) is 96.7 cm³/mol. The van der Waals surface area contributed by atoms with E-state index in [1.54, 1.807) is 0 Å². The highest BCUT2D eigenvalue weighted by molar-refractivity contribution is 6.32. The molecule has 148 valence electrons. The Hall–Kier alpha value is -3.27. The van der Waals surface area contributed by atoms with Crippen molar-refractivity contribution in [2.75, 3.05) is 5.32 Å². The summed E-state index contributed by atoms with van der Waals surface area (Å²) in [6, 6.07) is 7.72. The molecule has 1 atom stereocenters.